The van der Waals surface area contributed by atoms with Crippen molar-refractivity contribution in [1.29, 1.82) is 0 Å². The Morgan fingerprint density at radius 3 is 2.53 bits per heavy atom. The molecule has 1 aliphatic heterocycles. The highest BCUT2D eigenvalue weighted by molar-refractivity contribution is 7.89. The van der Waals surface area contributed by atoms with Gasteiger partial charge in [-0.2, -0.15) is 4.31 Å². The number of amides is 1. The molecule has 9 heteroatoms. The molecular weight excluding hydrogens is 609 g/mol. The second-order valence-corrected chi connectivity index (χ2v) is 14.4. The van der Waals surface area contributed by atoms with Crippen LogP contribution in [0.1, 0.15) is 59.3 Å². The summed E-state index contributed by atoms with van der Waals surface area (Å²) in [6.45, 7) is 2.40. The molecule has 0 radical (unpaired) electrons. The molecule has 4 aromatic carbocycles. The van der Waals surface area contributed by atoms with E-state index in [1.54, 1.807) is 19.2 Å². The number of hydrogen-bond donors (Lipinski definition) is 2. The van der Waals surface area contributed by atoms with Gasteiger partial charge < -0.3 is 19.9 Å². The summed E-state index contributed by atoms with van der Waals surface area (Å²) in [7, 11) is -2.28. The maximum absolute atomic E-state index is 14.2. The molecule has 7 rings (SSSR count). The molecule has 0 fully saturated rings. The van der Waals surface area contributed by atoms with E-state index in [-0.39, 0.29) is 29.8 Å². The van der Waals surface area contributed by atoms with Crippen molar-refractivity contribution in [2.45, 2.75) is 62.3 Å². The van der Waals surface area contributed by atoms with Crippen LogP contribution in [0.25, 0.3) is 10.8 Å². The van der Waals surface area contributed by atoms with Gasteiger partial charge in [-0.3, -0.25) is 4.79 Å². The summed E-state index contributed by atoms with van der Waals surface area (Å²) in [5, 5.41) is 8.52. The molecule has 2 N–H and O–H groups in total. The van der Waals surface area contributed by atoms with Gasteiger partial charge in [-0.05, 0) is 88.7 Å². The third-order valence-corrected chi connectivity index (χ3v) is 11.4. The maximum atomic E-state index is 14.2. The lowest BCUT2D eigenvalue weighted by molar-refractivity contribution is -0.123. The first-order valence-electron chi connectivity index (χ1n) is 16.3. The highest BCUT2D eigenvalue weighted by Gasteiger charge is 2.38. The number of rotatable bonds is 10. The van der Waals surface area contributed by atoms with Crippen molar-refractivity contribution >= 4 is 26.7 Å². The highest BCUT2D eigenvalue weighted by Crippen LogP contribution is 2.36. The Labute approximate surface area is 276 Å². The van der Waals surface area contributed by atoms with Crippen molar-refractivity contribution in [3.05, 3.63) is 131 Å². The van der Waals surface area contributed by atoms with Crippen LogP contribution in [0.4, 0.5) is 0 Å². The van der Waals surface area contributed by atoms with Gasteiger partial charge in [0.25, 0.3) is 0 Å². The Kier molecular flexibility index (Phi) is 8.86. The van der Waals surface area contributed by atoms with Crippen molar-refractivity contribution in [2.24, 2.45) is 0 Å². The van der Waals surface area contributed by atoms with Crippen LogP contribution in [-0.4, -0.2) is 36.9 Å². The second-order valence-electron chi connectivity index (χ2n) is 12.5. The smallest absolute Gasteiger partial charge is 0.243 e. The molecule has 2 aliphatic rings. The fourth-order valence-corrected chi connectivity index (χ4v) is 8.69. The number of carbonyl (C=O) groups excluding carboxylic acids is 1. The Bertz CT molecular complexity index is 2010. The Hall–Kier alpha value is -4.44. The predicted octanol–water partition coefficient (Wildman–Crippen LogP) is 6.27. The zero-order chi connectivity index (χ0) is 32.4. The van der Waals surface area contributed by atoms with Gasteiger partial charge in [0, 0.05) is 44.5 Å². The lowest BCUT2D eigenvalue weighted by Crippen LogP contribution is -2.44. The second kappa shape index (κ2) is 13.4. The topological polar surface area (TPSA) is 92.7 Å². The van der Waals surface area contributed by atoms with Gasteiger partial charge in [0.05, 0.1) is 24.1 Å². The molecule has 0 saturated heterocycles. The first kappa shape index (κ1) is 31.2. The van der Waals surface area contributed by atoms with Gasteiger partial charge in [-0.15, -0.1) is 0 Å². The molecule has 242 valence electrons. The lowest BCUT2D eigenvalue weighted by Gasteiger charge is -2.36. The Morgan fingerprint density at radius 2 is 1.68 bits per heavy atom. The van der Waals surface area contributed by atoms with Crippen LogP contribution in [-0.2, 0) is 40.9 Å². The minimum atomic E-state index is -3.89. The minimum absolute atomic E-state index is 0.0430. The van der Waals surface area contributed by atoms with E-state index >= 15 is 0 Å². The zero-order valence-corrected chi connectivity index (χ0v) is 27.4. The molecule has 47 heavy (non-hydrogen) atoms. The normalized spacial score (nSPS) is 18.0. The zero-order valence-electron chi connectivity index (χ0n) is 26.6. The third-order valence-electron chi connectivity index (χ3n) is 9.48. The summed E-state index contributed by atoms with van der Waals surface area (Å²) < 4.78 is 37.2. The molecule has 1 amide bonds. The fourth-order valence-electron chi connectivity index (χ4n) is 7.07. The number of methoxy groups -OCH3 is 1. The highest BCUT2D eigenvalue weighted by atomic mass is 32.2. The molecule has 2 atom stereocenters. The van der Waals surface area contributed by atoms with Gasteiger partial charge in [0.2, 0.25) is 15.9 Å². The summed E-state index contributed by atoms with van der Waals surface area (Å²) in [5.41, 5.74) is 5.73. The quantitative estimate of drug-likeness (QED) is 0.186. The summed E-state index contributed by atoms with van der Waals surface area (Å²) in [4.78, 5) is 14.0. The fraction of sp³-hybridized carbons (Fsp3) is 0.289. The molecule has 1 aliphatic carbocycles. The van der Waals surface area contributed by atoms with Crippen molar-refractivity contribution in [3.63, 3.8) is 0 Å². The van der Waals surface area contributed by atoms with E-state index < -0.39 is 16.1 Å². The predicted molar refractivity (Wildman–Crippen MR) is 183 cm³/mol. The van der Waals surface area contributed by atoms with Crippen LogP contribution >= 0.6 is 0 Å². The number of fused-ring (bicyclic) bond motifs is 3. The van der Waals surface area contributed by atoms with Gasteiger partial charge >= 0.3 is 0 Å². The Morgan fingerprint density at radius 1 is 0.872 bits per heavy atom. The average Bonchev–Trinajstić information content (AvgIpc) is 3.58. The SMILES string of the molecule is COc1ccc2cc(S(=O)(=O)N3CCn4cccc4C3CC(=O)NC3CCCc4cc(CNCc5ccccc5)ccc43)ccc2c1. The molecule has 0 spiro atoms. The van der Waals surface area contributed by atoms with E-state index in [0.717, 1.165) is 54.4 Å². The summed E-state index contributed by atoms with van der Waals surface area (Å²) >= 11 is 0. The average molecular weight is 649 g/mol. The van der Waals surface area contributed by atoms with Crippen molar-refractivity contribution < 1.29 is 17.9 Å². The first-order chi connectivity index (χ1) is 22.9. The van der Waals surface area contributed by atoms with Crippen LogP contribution in [0.15, 0.2) is 108 Å². The number of hydrogen-bond acceptors (Lipinski definition) is 5. The molecule has 2 unspecified atom stereocenters. The number of nitrogens with one attached hydrogen (secondary N) is 2. The van der Waals surface area contributed by atoms with Crippen LogP contribution in [0.3, 0.4) is 0 Å². The van der Waals surface area contributed by atoms with Crippen LogP contribution < -0.4 is 15.4 Å². The van der Waals surface area contributed by atoms with Gasteiger partial charge in [-0.1, -0.05) is 60.7 Å². The van der Waals surface area contributed by atoms with E-state index in [2.05, 4.69) is 57.7 Å². The lowest BCUT2D eigenvalue weighted by atomic mass is 9.86. The van der Waals surface area contributed by atoms with Gasteiger partial charge in [-0.25, -0.2) is 8.42 Å². The number of ether oxygens (including phenoxy) is 1. The van der Waals surface area contributed by atoms with E-state index in [1.165, 1.54) is 21.0 Å². The standard InChI is InChI=1S/C38H40N4O4S/c1-46-32-15-13-30-23-33(16-14-29(30)22-32)47(44,45)42-20-19-41-18-6-11-36(41)37(42)24-38(43)40-35-10-5-9-31-21-28(12-17-34(31)35)26-39-25-27-7-3-2-4-8-27/h2-4,6-8,11-18,21-23,35,37,39H,5,9-10,19-20,24-26H2,1H3,(H,40,43). The number of sulfonamides is 1. The van der Waals surface area contributed by atoms with E-state index in [0.29, 0.717) is 12.3 Å². The largest absolute Gasteiger partial charge is 0.497 e. The monoisotopic (exact) mass is 648 g/mol. The molecule has 0 bridgehead atoms. The van der Waals surface area contributed by atoms with Crippen molar-refractivity contribution in [3.8, 4) is 5.75 Å². The van der Waals surface area contributed by atoms with Crippen LogP contribution in [0.2, 0.25) is 0 Å². The number of aromatic nitrogens is 1. The molecule has 2 heterocycles. The molecular formula is C38H40N4O4S. The number of benzene rings is 4. The first-order valence-corrected chi connectivity index (χ1v) is 17.7. The van der Waals surface area contributed by atoms with E-state index in [1.807, 2.05) is 48.7 Å². The Balaban J connectivity index is 1.07. The van der Waals surface area contributed by atoms with Gasteiger partial charge in [0.1, 0.15) is 5.75 Å². The maximum Gasteiger partial charge on any atom is 0.243 e. The van der Waals surface area contributed by atoms with Crippen molar-refractivity contribution in [1.82, 2.24) is 19.5 Å². The summed E-state index contributed by atoms with van der Waals surface area (Å²) in [6.07, 6.45) is 4.82. The molecule has 8 nitrogen and oxygen atoms in total. The van der Waals surface area contributed by atoms with E-state index in [9.17, 15) is 13.2 Å². The summed E-state index contributed by atoms with van der Waals surface area (Å²) in [5.74, 6) is 0.565. The molecule has 0 saturated carbocycles. The minimum Gasteiger partial charge on any atom is -0.497 e. The number of aryl methyl sites for hydroxylation is 1. The van der Waals surface area contributed by atoms with Crippen LogP contribution in [0, 0.1) is 0 Å². The van der Waals surface area contributed by atoms with Crippen molar-refractivity contribution in [2.75, 3.05) is 13.7 Å². The van der Waals surface area contributed by atoms with E-state index in [4.69, 9.17) is 4.74 Å². The number of nitrogens with zero attached hydrogens (tertiary/aromatic N) is 2. The van der Waals surface area contributed by atoms with Crippen LogP contribution in [0.5, 0.6) is 5.75 Å². The summed E-state index contributed by atoms with van der Waals surface area (Å²) in [6, 6.07) is 30.8. The number of carbonyl (C=O) groups is 1. The molecule has 1 aromatic heterocycles. The third kappa shape index (κ3) is 6.56. The molecule has 5 aromatic rings. The van der Waals surface area contributed by atoms with Gasteiger partial charge in [0.15, 0.2) is 0 Å².